The highest BCUT2D eigenvalue weighted by atomic mass is 35.5. The van der Waals surface area contributed by atoms with Crippen LogP contribution in [0, 0.1) is 12.7 Å². The van der Waals surface area contributed by atoms with E-state index in [9.17, 15) is 4.39 Å². The van der Waals surface area contributed by atoms with Crippen molar-refractivity contribution in [2.75, 3.05) is 0 Å². The zero-order valence-electron chi connectivity index (χ0n) is 11.2. The van der Waals surface area contributed by atoms with Gasteiger partial charge in [0.2, 0.25) is 0 Å². The van der Waals surface area contributed by atoms with E-state index < -0.39 is 0 Å². The van der Waals surface area contributed by atoms with E-state index in [0.717, 1.165) is 11.1 Å². The number of rotatable bonds is 4. The van der Waals surface area contributed by atoms with Gasteiger partial charge in [-0.3, -0.25) is 0 Å². The van der Waals surface area contributed by atoms with Gasteiger partial charge in [0.1, 0.15) is 5.82 Å². The molecule has 2 N–H and O–H groups in total. The summed E-state index contributed by atoms with van der Waals surface area (Å²) in [5.74, 6) is -0.317. The molecule has 2 rings (SSSR count). The molecule has 0 amide bonds. The minimum absolute atomic E-state index is 0.232. The fourth-order valence-electron chi connectivity index (χ4n) is 2.16. The molecule has 0 aliphatic carbocycles. The lowest BCUT2D eigenvalue weighted by molar-refractivity contribution is 0.584. The van der Waals surface area contributed by atoms with E-state index in [1.165, 1.54) is 6.07 Å². The summed E-state index contributed by atoms with van der Waals surface area (Å²) in [6.07, 6.45) is 0.972. The molecule has 0 saturated carbocycles. The number of nitrogens with two attached hydrogens (primary N) is 1. The minimum atomic E-state index is -0.317. The van der Waals surface area contributed by atoms with E-state index in [0.29, 0.717) is 28.5 Å². The van der Waals surface area contributed by atoms with Crippen LogP contribution in [0.1, 0.15) is 16.7 Å². The number of aryl methyl sites for hydroxylation is 1. The van der Waals surface area contributed by atoms with Crippen LogP contribution in [0.5, 0.6) is 0 Å². The van der Waals surface area contributed by atoms with E-state index in [4.69, 9.17) is 28.9 Å². The second-order valence-corrected chi connectivity index (χ2v) is 5.78. The maximum absolute atomic E-state index is 13.7. The Hall–Kier alpha value is -1.09. The molecule has 1 atom stereocenters. The zero-order chi connectivity index (χ0) is 14.7. The van der Waals surface area contributed by atoms with Crippen molar-refractivity contribution < 1.29 is 4.39 Å². The molecule has 1 nitrogen and oxygen atoms in total. The van der Waals surface area contributed by atoms with Crippen molar-refractivity contribution >= 4 is 23.2 Å². The van der Waals surface area contributed by atoms with E-state index in [-0.39, 0.29) is 11.9 Å². The Kier molecular flexibility index (Phi) is 5.03. The van der Waals surface area contributed by atoms with Crippen molar-refractivity contribution in [3.8, 4) is 0 Å². The fraction of sp³-hybridized carbons (Fsp3) is 0.250. The van der Waals surface area contributed by atoms with E-state index in [2.05, 4.69) is 0 Å². The lowest BCUT2D eigenvalue weighted by Crippen LogP contribution is -2.26. The molecule has 20 heavy (non-hydrogen) atoms. The summed E-state index contributed by atoms with van der Waals surface area (Å²) in [7, 11) is 0. The first-order valence-electron chi connectivity index (χ1n) is 6.41. The monoisotopic (exact) mass is 311 g/mol. The summed E-state index contributed by atoms with van der Waals surface area (Å²) in [5.41, 5.74) is 8.63. The highest BCUT2D eigenvalue weighted by Crippen LogP contribution is 2.23. The Morgan fingerprint density at radius 2 is 1.85 bits per heavy atom. The summed E-state index contributed by atoms with van der Waals surface area (Å²) in [5, 5.41) is 1.11. The number of benzene rings is 2. The molecular weight excluding hydrogens is 296 g/mol. The first-order valence-corrected chi connectivity index (χ1v) is 7.16. The van der Waals surface area contributed by atoms with Gasteiger partial charge < -0.3 is 5.73 Å². The van der Waals surface area contributed by atoms with Crippen LogP contribution in [-0.2, 0) is 12.8 Å². The smallest absolute Gasteiger partial charge is 0.127 e. The second kappa shape index (κ2) is 6.57. The summed E-state index contributed by atoms with van der Waals surface area (Å²) in [6, 6.07) is 10.3. The maximum atomic E-state index is 13.7. The molecule has 0 aliphatic heterocycles. The second-order valence-electron chi connectivity index (χ2n) is 4.96. The third-order valence-corrected chi connectivity index (χ3v) is 3.92. The van der Waals surface area contributed by atoms with Gasteiger partial charge in [-0.15, -0.1) is 0 Å². The highest BCUT2D eigenvalue weighted by molar-refractivity contribution is 6.31. The molecule has 2 aromatic carbocycles. The van der Waals surface area contributed by atoms with Crippen molar-refractivity contribution in [3.63, 3.8) is 0 Å². The fourth-order valence-corrected chi connectivity index (χ4v) is 2.71. The van der Waals surface area contributed by atoms with Crippen LogP contribution < -0.4 is 5.73 Å². The highest BCUT2D eigenvalue weighted by Gasteiger charge is 2.13. The van der Waals surface area contributed by atoms with Gasteiger partial charge in [0, 0.05) is 21.7 Å². The molecule has 0 radical (unpaired) electrons. The van der Waals surface area contributed by atoms with Crippen LogP contribution in [0.2, 0.25) is 10.0 Å². The van der Waals surface area contributed by atoms with Gasteiger partial charge in [-0.2, -0.15) is 0 Å². The summed E-state index contributed by atoms with van der Waals surface area (Å²) < 4.78 is 13.7. The van der Waals surface area contributed by atoms with Crippen LogP contribution >= 0.6 is 23.2 Å². The molecule has 1 unspecified atom stereocenters. The van der Waals surface area contributed by atoms with E-state index in [1.54, 1.807) is 12.1 Å². The molecular formula is C16H16Cl2FN. The quantitative estimate of drug-likeness (QED) is 0.880. The Morgan fingerprint density at radius 3 is 2.50 bits per heavy atom. The average Bonchev–Trinajstić information content (AvgIpc) is 2.37. The predicted molar refractivity (Wildman–Crippen MR) is 83.0 cm³/mol. The van der Waals surface area contributed by atoms with Crippen molar-refractivity contribution in [1.29, 1.82) is 0 Å². The summed E-state index contributed by atoms with van der Waals surface area (Å²) in [4.78, 5) is 0. The van der Waals surface area contributed by atoms with Crippen LogP contribution in [0.3, 0.4) is 0 Å². The number of hydrogen-bond donors (Lipinski definition) is 1. The molecule has 106 valence electrons. The Labute approximate surface area is 128 Å². The minimum Gasteiger partial charge on any atom is -0.327 e. The van der Waals surface area contributed by atoms with E-state index >= 15 is 0 Å². The molecule has 4 heteroatoms. The molecule has 0 fully saturated rings. The standard InChI is InChI=1S/C16H16Cl2FN/c1-10-5-6-11(15(18)7-10)8-12(20)9-13-14(17)3-2-4-16(13)19/h2-7,12H,8-9,20H2,1H3. The van der Waals surface area contributed by atoms with Crippen LogP contribution in [-0.4, -0.2) is 6.04 Å². The van der Waals surface area contributed by atoms with E-state index in [1.807, 2.05) is 25.1 Å². The largest absolute Gasteiger partial charge is 0.327 e. The molecule has 0 aliphatic rings. The molecule has 0 spiro atoms. The maximum Gasteiger partial charge on any atom is 0.127 e. The Balaban J connectivity index is 2.11. The number of hydrogen-bond acceptors (Lipinski definition) is 1. The van der Waals surface area contributed by atoms with Gasteiger partial charge in [0.25, 0.3) is 0 Å². The third-order valence-electron chi connectivity index (χ3n) is 3.22. The summed E-state index contributed by atoms with van der Waals surface area (Å²) >= 11 is 12.2. The SMILES string of the molecule is Cc1ccc(CC(N)Cc2c(F)cccc2Cl)c(Cl)c1. The average molecular weight is 312 g/mol. The topological polar surface area (TPSA) is 26.0 Å². The lowest BCUT2D eigenvalue weighted by Gasteiger charge is -2.14. The molecule has 0 aromatic heterocycles. The zero-order valence-corrected chi connectivity index (χ0v) is 12.7. The van der Waals surface area contributed by atoms with Crippen LogP contribution in [0.4, 0.5) is 4.39 Å². The lowest BCUT2D eigenvalue weighted by atomic mass is 9.98. The molecule has 0 heterocycles. The van der Waals surface area contributed by atoms with Crippen LogP contribution in [0.15, 0.2) is 36.4 Å². The number of halogens is 3. The van der Waals surface area contributed by atoms with Crippen molar-refractivity contribution in [2.45, 2.75) is 25.8 Å². The third kappa shape index (κ3) is 3.72. The van der Waals surface area contributed by atoms with Crippen molar-refractivity contribution in [1.82, 2.24) is 0 Å². The van der Waals surface area contributed by atoms with Gasteiger partial charge in [-0.25, -0.2) is 4.39 Å². The normalized spacial score (nSPS) is 12.4. The van der Waals surface area contributed by atoms with Crippen LogP contribution in [0.25, 0.3) is 0 Å². The first kappa shape index (κ1) is 15.3. The molecule has 0 saturated heterocycles. The molecule has 2 aromatic rings. The molecule has 0 bridgehead atoms. The Bertz CT molecular complexity index is 593. The summed E-state index contributed by atoms with van der Waals surface area (Å²) in [6.45, 7) is 1.98. The predicted octanol–water partition coefficient (Wildman–Crippen LogP) is 4.55. The van der Waals surface area contributed by atoms with Crippen molar-refractivity contribution in [3.05, 3.63) is 69.0 Å². The van der Waals surface area contributed by atoms with Gasteiger partial charge >= 0.3 is 0 Å². The van der Waals surface area contributed by atoms with Gasteiger partial charge in [-0.1, -0.05) is 41.4 Å². The first-order chi connectivity index (χ1) is 9.47. The Morgan fingerprint density at radius 1 is 1.10 bits per heavy atom. The van der Waals surface area contributed by atoms with Crippen molar-refractivity contribution in [2.24, 2.45) is 5.73 Å². The van der Waals surface area contributed by atoms with Gasteiger partial charge in [0.15, 0.2) is 0 Å². The van der Waals surface area contributed by atoms with Gasteiger partial charge in [0.05, 0.1) is 0 Å². The van der Waals surface area contributed by atoms with Gasteiger partial charge in [-0.05, 0) is 49.1 Å².